The van der Waals surface area contributed by atoms with E-state index in [0.717, 1.165) is 0 Å². The minimum Gasteiger partial charge on any atom is -0.379 e. The molecule has 0 spiro atoms. The van der Waals surface area contributed by atoms with Crippen LogP contribution in [0, 0.1) is 0 Å². The molecule has 0 bridgehead atoms. The van der Waals surface area contributed by atoms with Gasteiger partial charge in [0.25, 0.3) is 0 Å². The van der Waals surface area contributed by atoms with Crippen LogP contribution in [0.5, 0.6) is 0 Å². The lowest BCUT2D eigenvalue weighted by molar-refractivity contribution is 0.0809. The molecule has 1 heterocycles. The molecular formula is C10H13NO. The molecule has 0 aliphatic carbocycles. The van der Waals surface area contributed by atoms with Crippen molar-refractivity contribution in [3.63, 3.8) is 0 Å². The zero-order valence-electron chi connectivity index (χ0n) is 7.20. The molecule has 0 saturated heterocycles. The fraction of sp³-hybridized carbons (Fsp3) is 0.300. The minimum absolute atomic E-state index is 0.591. The summed E-state index contributed by atoms with van der Waals surface area (Å²) in [6.45, 7) is 5.49. The molecule has 1 rings (SSSR count). The molecule has 1 unspecified atom stereocenters. The summed E-state index contributed by atoms with van der Waals surface area (Å²) in [6, 6.07) is 5.47. The smallest absolute Gasteiger partial charge is 0.124 e. The van der Waals surface area contributed by atoms with Crippen LogP contribution in [0.1, 0.15) is 19.0 Å². The average Bonchev–Trinajstić information content (AvgIpc) is 2.18. The Morgan fingerprint density at radius 3 is 2.83 bits per heavy atom. The molecule has 1 atom stereocenters. The van der Waals surface area contributed by atoms with Crippen molar-refractivity contribution in [3.05, 3.63) is 42.7 Å². The first kappa shape index (κ1) is 8.94. The highest BCUT2D eigenvalue weighted by Gasteiger charge is 2.23. The number of nitrogens with zero attached hydrogens (tertiary/aromatic N) is 1. The zero-order valence-corrected chi connectivity index (χ0v) is 7.20. The molecule has 2 nitrogen and oxygen atoms in total. The van der Waals surface area contributed by atoms with Crippen molar-refractivity contribution in [1.29, 1.82) is 0 Å². The summed E-state index contributed by atoms with van der Waals surface area (Å²) in [5.74, 6) is 0. The molecule has 0 saturated carbocycles. The van der Waals surface area contributed by atoms with Crippen LogP contribution < -0.4 is 0 Å². The molecule has 1 N–H and O–H groups in total. The Labute approximate surface area is 72.6 Å². The Balaban J connectivity index is 3.03. The van der Waals surface area contributed by atoms with E-state index < -0.39 is 5.60 Å². The van der Waals surface area contributed by atoms with Gasteiger partial charge in [0.2, 0.25) is 0 Å². The van der Waals surface area contributed by atoms with Gasteiger partial charge in [-0.25, -0.2) is 0 Å². The van der Waals surface area contributed by atoms with Gasteiger partial charge in [0.05, 0.1) is 5.69 Å². The van der Waals surface area contributed by atoms with Crippen LogP contribution >= 0.6 is 0 Å². The van der Waals surface area contributed by atoms with E-state index >= 15 is 0 Å². The molecule has 0 aliphatic heterocycles. The standard InChI is InChI=1S/C10H13NO/c1-3-10(12,4-2)9-7-5-6-8-11-9/h3,5-8,12H,1,4H2,2H3. The first-order valence-electron chi connectivity index (χ1n) is 4.00. The fourth-order valence-corrected chi connectivity index (χ4v) is 1.05. The van der Waals surface area contributed by atoms with Gasteiger partial charge < -0.3 is 5.11 Å². The lowest BCUT2D eigenvalue weighted by Gasteiger charge is -2.21. The third kappa shape index (κ3) is 1.53. The van der Waals surface area contributed by atoms with Crippen LogP contribution in [0.25, 0.3) is 0 Å². The number of aliphatic hydroxyl groups is 1. The van der Waals surface area contributed by atoms with E-state index in [1.54, 1.807) is 12.3 Å². The molecule has 1 aromatic rings. The largest absolute Gasteiger partial charge is 0.379 e. The number of pyridine rings is 1. The quantitative estimate of drug-likeness (QED) is 0.690. The first-order chi connectivity index (χ1) is 5.73. The van der Waals surface area contributed by atoms with Crippen molar-refractivity contribution in [1.82, 2.24) is 4.98 Å². The average molecular weight is 163 g/mol. The molecule has 2 heteroatoms. The van der Waals surface area contributed by atoms with Crippen LogP contribution in [-0.4, -0.2) is 10.1 Å². The highest BCUT2D eigenvalue weighted by atomic mass is 16.3. The summed E-state index contributed by atoms with van der Waals surface area (Å²) < 4.78 is 0. The maximum absolute atomic E-state index is 9.92. The van der Waals surface area contributed by atoms with E-state index in [1.165, 1.54) is 6.08 Å². The van der Waals surface area contributed by atoms with Gasteiger partial charge in [0.15, 0.2) is 0 Å². The van der Waals surface area contributed by atoms with Gasteiger partial charge >= 0.3 is 0 Å². The molecule has 0 aromatic carbocycles. The topological polar surface area (TPSA) is 33.1 Å². The van der Waals surface area contributed by atoms with Gasteiger partial charge in [-0.05, 0) is 18.6 Å². The van der Waals surface area contributed by atoms with Crippen molar-refractivity contribution in [2.45, 2.75) is 18.9 Å². The predicted molar refractivity (Wildman–Crippen MR) is 48.6 cm³/mol. The fourth-order valence-electron chi connectivity index (χ4n) is 1.05. The first-order valence-corrected chi connectivity index (χ1v) is 4.00. The molecule has 64 valence electrons. The number of hydrogen-bond donors (Lipinski definition) is 1. The van der Waals surface area contributed by atoms with Crippen LogP contribution in [0.3, 0.4) is 0 Å². The van der Waals surface area contributed by atoms with Gasteiger partial charge in [-0.2, -0.15) is 0 Å². The predicted octanol–water partition coefficient (Wildman–Crippen LogP) is 1.87. The Morgan fingerprint density at radius 1 is 1.67 bits per heavy atom. The highest BCUT2D eigenvalue weighted by molar-refractivity contribution is 5.18. The van der Waals surface area contributed by atoms with E-state index in [0.29, 0.717) is 12.1 Å². The van der Waals surface area contributed by atoms with Crippen molar-refractivity contribution in [2.24, 2.45) is 0 Å². The zero-order chi connectivity index (χ0) is 9.03. The molecule has 1 aromatic heterocycles. The molecule has 0 fully saturated rings. The Hall–Kier alpha value is -1.15. The lowest BCUT2D eigenvalue weighted by Crippen LogP contribution is -2.22. The second-order valence-corrected chi connectivity index (χ2v) is 2.70. The summed E-state index contributed by atoms with van der Waals surface area (Å²) in [5, 5.41) is 9.92. The van der Waals surface area contributed by atoms with Gasteiger partial charge in [-0.3, -0.25) is 4.98 Å². The van der Waals surface area contributed by atoms with Crippen molar-refractivity contribution >= 4 is 0 Å². The summed E-state index contributed by atoms with van der Waals surface area (Å²) in [6.07, 6.45) is 3.78. The Kier molecular flexibility index (Phi) is 2.61. The van der Waals surface area contributed by atoms with Gasteiger partial charge in [-0.1, -0.05) is 25.6 Å². The lowest BCUT2D eigenvalue weighted by atomic mass is 9.96. The van der Waals surface area contributed by atoms with Gasteiger partial charge in [-0.15, -0.1) is 0 Å². The maximum atomic E-state index is 9.92. The third-order valence-electron chi connectivity index (χ3n) is 1.99. The molecular weight excluding hydrogens is 150 g/mol. The van der Waals surface area contributed by atoms with E-state index in [-0.39, 0.29) is 0 Å². The molecule has 12 heavy (non-hydrogen) atoms. The van der Waals surface area contributed by atoms with Crippen molar-refractivity contribution in [3.8, 4) is 0 Å². The maximum Gasteiger partial charge on any atom is 0.124 e. The summed E-state index contributed by atoms with van der Waals surface area (Å²) in [5.41, 5.74) is -0.316. The summed E-state index contributed by atoms with van der Waals surface area (Å²) in [4.78, 5) is 4.07. The van der Waals surface area contributed by atoms with Gasteiger partial charge in [0.1, 0.15) is 5.60 Å². The third-order valence-corrected chi connectivity index (χ3v) is 1.99. The van der Waals surface area contributed by atoms with Gasteiger partial charge in [0, 0.05) is 6.20 Å². The van der Waals surface area contributed by atoms with Crippen LogP contribution in [0.15, 0.2) is 37.1 Å². The second kappa shape index (κ2) is 3.50. The number of hydrogen-bond acceptors (Lipinski definition) is 2. The van der Waals surface area contributed by atoms with Crippen LogP contribution in [-0.2, 0) is 5.60 Å². The molecule has 0 amide bonds. The number of aromatic nitrogens is 1. The molecule has 0 aliphatic rings. The second-order valence-electron chi connectivity index (χ2n) is 2.70. The molecule has 0 radical (unpaired) electrons. The monoisotopic (exact) mass is 163 g/mol. The normalized spacial score (nSPS) is 15.2. The number of rotatable bonds is 3. The Morgan fingerprint density at radius 2 is 2.42 bits per heavy atom. The van der Waals surface area contributed by atoms with E-state index in [4.69, 9.17) is 0 Å². The van der Waals surface area contributed by atoms with Crippen LogP contribution in [0.4, 0.5) is 0 Å². The van der Waals surface area contributed by atoms with E-state index in [2.05, 4.69) is 11.6 Å². The minimum atomic E-state index is -0.971. The summed E-state index contributed by atoms with van der Waals surface area (Å²) in [7, 11) is 0. The Bertz CT molecular complexity index is 258. The van der Waals surface area contributed by atoms with Crippen LogP contribution in [0.2, 0.25) is 0 Å². The van der Waals surface area contributed by atoms with E-state index in [9.17, 15) is 5.11 Å². The summed E-state index contributed by atoms with van der Waals surface area (Å²) >= 11 is 0. The van der Waals surface area contributed by atoms with Crippen molar-refractivity contribution in [2.75, 3.05) is 0 Å². The van der Waals surface area contributed by atoms with E-state index in [1.807, 2.05) is 19.1 Å². The SMILES string of the molecule is C=CC(O)(CC)c1ccccn1. The van der Waals surface area contributed by atoms with Crippen molar-refractivity contribution < 1.29 is 5.11 Å². The highest BCUT2D eigenvalue weighted by Crippen LogP contribution is 2.23.